The van der Waals surface area contributed by atoms with E-state index in [4.69, 9.17) is 0 Å². The Labute approximate surface area is 152 Å². The van der Waals surface area contributed by atoms with Gasteiger partial charge < -0.3 is 48.0 Å². The molecular formula is C13H15I2Zr. The van der Waals surface area contributed by atoms with E-state index in [2.05, 4.69) is 50.3 Å². The molecular weight excluding hydrogens is 501 g/mol. The summed E-state index contributed by atoms with van der Waals surface area (Å²) >= 11 is 0. The van der Waals surface area contributed by atoms with Gasteiger partial charge in [0.05, 0.1) is 0 Å². The van der Waals surface area contributed by atoms with Crippen LogP contribution in [0.3, 0.4) is 0 Å². The minimum Gasteiger partial charge on any atom is -1.00 e. The summed E-state index contributed by atoms with van der Waals surface area (Å²) in [5.74, 6) is 1.29. The van der Waals surface area contributed by atoms with Crippen LogP contribution in [0, 0.1) is 12.0 Å². The molecule has 0 nitrogen and oxygen atoms in total. The van der Waals surface area contributed by atoms with E-state index in [1.165, 1.54) is 17.5 Å². The molecule has 85 valence electrons. The third kappa shape index (κ3) is 4.89. The van der Waals surface area contributed by atoms with Gasteiger partial charge in [-0.1, -0.05) is 44.4 Å². The molecule has 0 heterocycles. The number of allylic oxidation sites excluding steroid dienone is 1. The summed E-state index contributed by atoms with van der Waals surface area (Å²) in [4.78, 5) is 0. The van der Waals surface area contributed by atoms with Gasteiger partial charge in [-0.3, -0.25) is 6.08 Å². The van der Waals surface area contributed by atoms with E-state index in [1.807, 2.05) is 0 Å². The molecule has 3 heteroatoms. The van der Waals surface area contributed by atoms with Crippen molar-refractivity contribution in [2.45, 2.75) is 26.2 Å². The smallest absolute Gasteiger partial charge is 1.00 e. The molecule has 1 radical (unpaired) electrons. The Morgan fingerprint density at radius 2 is 1.81 bits per heavy atom. The molecule has 1 atom stereocenters. The van der Waals surface area contributed by atoms with Gasteiger partial charge in [-0.15, -0.1) is 11.6 Å². The molecule has 0 saturated heterocycles. The summed E-state index contributed by atoms with van der Waals surface area (Å²) in [5, 5.41) is 0. The van der Waals surface area contributed by atoms with E-state index in [0.717, 1.165) is 5.92 Å². The zero-order valence-corrected chi connectivity index (χ0v) is 16.3. The zero-order chi connectivity index (χ0) is 9.26. The third-order valence-electron chi connectivity index (χ3n) is 2.52. The van der Waals surface area contributed by atoms with Crippen molar-refractivity contribution >= 4 is 6.08 Å². The SMILES string of the molecule is CC(C)CC1[C-]=Cc2ccccc21.[I-].[I-].[Zr+3]. The summed E-state index contributed by atoms with van der Waals surface area (Å²) in [6, 6.07) is 8.60. The quantitative estimate of drug-likeness (QED) is 0.306. The van der Waals surface area contributed by atoms with Crippen LogP contribution in [0.5, 0.6) is 0 Å². The molecule has 1 aromatic rings. The maximum atomic E-state index is 3.43. The molecule has 0 aliphatic heterocycles. The fourth-order valence-corrected chi connectivity index (χ4v) is 1.91. The van der Waals surface area contributed by atoms with Crippen LogP contribution in [0.4, 0.5) is 0 Å². The predicted octanol–water partition coefficient (Wildman–Crippen LogP) is -2.35. The number of halogens is 2. The van der Waals surface area contributed by atoms with Crippen molar-refractivity contribution in [1.29, 1.82) is 0 Å². The molecule has 1 aromatic carbocycles. The summed E-state index contributed by atoms with van der Waals surface area (Å²) in [5.41, 5.74) is 2.81. The number of benzene rings is 1. The Balaban J connectivity index is 0. The standard InChI is InChI=1S/C13H15.2HI.Zr/c1-10(2)9-12-8-7-11-5-3-4-6-13(11)12;;;/h3-7,10,12H,9H2,1-2H3;2*1H;/q-1;;;+3/p-2. The molecule has 0 fully saturated rings. The third-order valence-corrected chi connectivity index (χ3v) is 2.52. The maximum Gasteiger partial charge on any atom is 3.00 e. The van der Waals surface area contributed by atoms with E-state index in [0.29, 0.717) is 5.92 Å². The monoisotopic (exact) mass is 515 g/mol. The van der Waals surface area contributed by atoms with Gasteiger partial charge in [-0.2, -0.15) is 5.56 Å². The van der Waals surface area contributed by atoms with Crippen molar-refractivity contribution in [3.8, 4) is 0 Å². The average molecular weight is 516 g/mol. The summed E-state index contributed by atoms with van der Waals surface area (Å²) in [7, 11) is 0. The molecule has 16 heavy (non-hydrogen) atoms. The molecule has 0 bridgehead atoms. The molecule has 1 aliphatic carbocycles. The fraction of sp³-hybridized carbons (Fsp3) is 0.385. The van der Waals surface area contributed by atoms with E-state index in [-0.39, 0.29) is 74.2 Å². The van der Waals surface area contributed by atoms with Gasteiger partial charge in [0.2, 0.25) is 0 Å². The number of fused-ring (bicyclic) bond motifs is 1. The van der Waals surface area contributed by atoms with Crippen LogP contribution in [0.1, 0.15) is 37.3 Å². The molecule has 2 rings (SSSR count). The molecule has 1 unspecified atom stereocenters. The van der Waals surface area contributed by atoms with Crippen LogP contribution < -0.4 is 48.0 Å². The molecule has 0 amide bonds. The van der Waals surface area contributed by atoms with E-state index < -0.39 is 0 Å². The van der Waals surface area contributed by atoms with Crippen LogP contribution in [0.2, 0.25) is 0 Å². The Morgan fingerprint density at radius 3 is 2.44 bits per heavy atom. The second kappa shape index (κ2) is 9.26. The second-order valence-electron chi connectivity index (χ2n) is 4.12. The van der Waals surface area contributed by atoms with Crippen LogP contribution >= 0.6 is 0 Å². The first-order valence-corrected chi connectivity index (χ1v) is 4.95. The van der Waals surface area contributed by atoms with Gasteiger partial charge in [-0.05, 0) is 5.92 Å². The van der Waals surface area contributed by atoms with Gasteiger partial charge >= 0.3 is 26.2 Å². The Kier molecular flexibility index (Phi) is 11.4. The van der Waals surface area contributed by atoms with E-state index in [1.54, 1.807) is 0 Å². The molecule has 1 aliphatic rings. The predicted molar refractivity (Wildman–Crippen MR) is 56.3 cm³/mol. The second-order valence-corrected chi connectivity index (χ2v) is 4.12. The molecule has 0 spiro atoms. The van der Waals surface area contributed by atoms with Crippen LogP contribution in [-0.4, -0.2) is 0 Å². The fourth-order valence-electron chi connectivity index (χ4n) is 1.91. The van der Waals surface area contributed by atoms with Crippen molar-refractivity contribution in [3.05, 3.63) is 41.5 Å². The largest absolute Gasteiger partial charge is 3.00 e. The van der Waals surface area contributed by atoms with Crippen LogP contribution in [-0.2, 0) is 26.2 Å². The Morgan fingerprint density at radius 1 is 1.19 bits per heavy atom. The number of hydrogen-bond donors (Lipinski definition) is 0. The Hall–Kier alpha value is 1.30. The maximum absolute atomic E-state index is 3.43. The molecule has 0 N–H and O–H groups in total. The number of rotatable bonds is 2. The topological polar surface area (TPSA) is 0 Å². The van der Waals surface area contributed by atoms with Gasteiger partial charge in [0, 0.05) is 0 Å². The molecule has 0 saturated carbocycles. The molecule has 0 aromatic heterocycles. The normalized spacial score (nSPS) is 15.8. The van der Waals surface area contributed by atoms with Gasteiger partial charge in [0.1, 0.15) is 0 Å². The minimum absolute atomic E-state index is 0. The first-order valence-electron chi connectivity index (χ1n) is 4.95. The van der Waals surface area contributed by atoms with Gasteiger partial charge in [0.15, 0.2) is 0 Å². The van der Waals surface area contributed by atoms with Crippen molar-refractivity contribution in [3.63, 3.8) is 0 Å². The summed E-state index contributed by atoms with van der Waals surface area (Å²) in [6.07, 6.45) is 6.77. The van der Waals surface area contributed by atoms with E-state index in [9.17, 15) is 0 Å². The average Bonchev–Trinajstić information content (AvgIpc) is 2.48. The van der Waals surface area contributed by atoms with Crippen LogP contribution in [0.15, 0.2) is 24.3 Å². The van der Waals surface area contributed by atoms with Crippen molar-refractivity contribution in [2.75, 3.05) is 0 Å². The minimum atomic E-state index is 0. The van der Waals surface area contributed by atoms with Crippen molar-refractivity contribution in [1.82, 2.24) is 0 Å². The summed E-state index contributed by atoms with van der Waals surface area (Å²) in [6.45, 7) is 4.53. The Bertz CT molecular complexity index is 334. The van der Waals surface area contributed by atoms with Crippen molar-refractivity contribution < 1.29 is 74.2 Å². The first-order chi connectivity index (χ1) is 6.27. The van der Waals surface area contributed by atoms with Gasteiger partial charge in [0.25, 0.3) is 0 Å². The van der Waals surface area contributed by atoms with Crippen LogP contribution in [0.25, 0.3) is 6.08 Å². The zero-order valence-electron chi connectivity index (χ0n) is 9.50. The first kappa shape index (κ1) is 19.6. The number of hydrogen-bond acceptors (Lipinski definition) is 0. The van der Waals surface area contributed by atoms with Gasteiger partial charge in [-0.25, -0.2) is 6.08 Å². The van der Waals surface area contributed by atoms with E-state index >= 15 is 0 Å². The van der Waals surface area contributed by atoms with Crippen molar-refractivity contribution in [2.24, 2.45) is 5.92 Å². The summed E-state index contributed by atoms with van der Waals surface area (Å²) < 4.78 is 0.